The van der Waals surface area contributed by atoms with Gasteiger partial charge in [-0.2, -0.15) is 0 Å². The SMILES string of the molecule is COc1cc(CC(C)N)cc(C=O)c1OC. The van der Waals surface area contributed by atoms with Crippen molar-refractivity contribution in [1.82, 2.24) is 0 Å². The lowest BCUT2D eigenvalue weighted by molar-refractivity contribution is 0.112. The number of benzene rings is 1. The van der Waals surface area contributed by atoms with Gasteiger partial charge in [-0.3, -0.25) is 4.79 Å². The van der Waals surface area contributed by atoms with Crippen molar-refractivity contribution in [1.29, 1.82) is 0 Å². The quantitative estimate of drug-likeness (QED) is 0.766. The maximum Gasteiger partial charge on any atom is 0.171 e. The molecule has 2 N–H and O–H groups in total. The molecule has 0 aliphatic rings. The van der Waals surface area contributed by atoms with Crippen LogP contribution in [0.25, 0.3) is 0 Å². The van der Waals surface area contributed by atoms with Crippen LogP contribution in [0.2, 0.25) is 0 Å². The van der Waals surface area contributed by atoms with E-state index in [2.05, 4.69) is 0 Å². The molecule has 1 unspecified atom stereocenters. The zero-order valence-electron chi connectivity index (χ0n) is 9.82. The Bertz CT molecular complexity index is 375. The number of hydrogen-bond donors (Lipinski definition) is 1. The Morgan fingerprint density at radius 1 is 1.38 bits per heavy atom. The lowest BCUT2D eigenvalue weighted by Gasteiger charge is -2.13. The Balaban J connectivity index is 3.20. The molecule has 1 rings (SSSR count). The second-order valence-corrected chi connectivity index (χ2v) is 3.72. The summed E-state index contributed by atoms with van der Waals surface area (Å²) < 4.78 is 10.3. The number of carbonyl (C=O) groups is 1. The number of aldehydes is 1. The summed E-state index contributed by atoms with van der Waals surface area (Å²) in [6, 6.07) is 3.66. The molecule has 0 saturated heterocycles. The van der Waals surface area contributed by atoms with Crippen LogP contribution in [0.1, 0.15) is 22.8 Å². The molecule has 0 fully saturated rings. The van der Waals surface area contributed by atoms with E-state index in [1.54, 1.807) is 13.2 Å². The van der Waals surface area contributed by atoms with Crippen LogP contribution in [0.4, 0.5) is 0 Å². The number of ether oxygens (including phenoxy) is 2. The number of methoxy groups -OCH3 is 2. The molecule has 1 atom stereocenters. The minimum absolute atomic E-state index is 0.0394. The average Bonchev–Trinajstić information content (AvgIpc) is 2.26. The molecular formula is C12H17NO3. The first-order valence-corrected chi connectivity index (χ1v) is 5.08. The molecule has 0 amide bonds. The lowest BCUT2D eigenvalue weighted by atomic mass is 10.0. The first-order valence-electron chi connectivity index (χ1n) is 5.08. The van der Waals surface area contributed by atoms with Crippen LogP contribution < -0.4 is 15.2 Å². The van der Waals surface area contributed by atoms with Gasteiger partial charge in [0.05, 0.1) is 19.8 Å². The molecule has 88 valence electrons. The minimum atomic E-state index is 0.0394. The summed E-state index contributed by atoms with van der Waals surface area (Å²) in [5, 5.41) is 0. The van der Waals surface area contributed by atoms with Gasteiger partial charge >= 0.3 is 0 Å². The van der Waals surface area contributed by atoms with Crippen LogP contribution >= 0.6 is 0 Å². The van der Waals surface area contributed by atoms with Gasteiger partial charge in [0.15, 0.2) is 17.8 Å². The van der Waals surface area contributed by atoms with Crippen molar-refractivity contribution in [2.45, 2.75) is 19.4 Å². The molecule has 4 nitrogen and oxygen atoms in total. The molecule has 0 radical (unpaired) electrons. The number of carbonyl (C=O) groups excluding carboxylic acids is 1. The van der Waals surface area contributed by atoms with E-state index in [4.69, 9.17) is 15.2 Å². The predicted molar refractivity (Wildman–Crippen MR) is 62.3 cm³/mol. The summed E-state index contributed by atoms with van der Waals surface area (Å²) in [7, 11) is 3.05. The third-order valence-electron chi connectivity index (χ3n) is 2.25. The maximum atomic E-state index is 10.9. The van der Waals surface area contributed by atoms with Gasteiger partial charge in [-0.15, -0.1) is 0 Å². The van der Waals surface area contributed by atoms with E-state index in [0.29, 0.717) is 23.5 Å². The fraction of sp³-hybridized carbons (Fsp3) is 0.417. The molecule has 0 spiro atoms. The summed E-state index contributed by atoms with van der Waals surface area (Å²) >= 11 is 0. The van der Waals surface area contributed by atoms with Crippen LogP contribution in [0.5, 0.6) is 11.5 Å². The molecule has 0 aliphatic heterocycles. The number of rotatable bonds is 5. The standard InChI is InChI=1S/C12H17NO3/c1-8(13)4-9-5-10(7-14)12(16-3)11(6-9)15-2/h5-8H,4,13H2,1-3H3. The summed E-state index contributed by atoms with van der Waals surface area (Å²) in [6.07, 6.45) is 1.45. The first-order chi connectivity index (χ1) is 7.62. The fourth-order valence-electron chi connectivity index (χ4n) is 1.63. The molecule has 0 aromatic heterocycles. The zero-order valence-corrected chi connectivity index (χ0v) is 9.82. The topological polar surface area (TPSA) is 61.5 Å². The fourth-order valence-corrected chi connectivity index (χ4v) is 1.63. The Morgan fingerprint density at radius 3 is 2.50 bits per heavy atom. The van der Waals surface area contributed by atoms with Crippen LogP contribution in [-0.4, -0.2) is 26.5 Å². The molecule has 0 saturated carbocycles. The normalized spacial score (nSPS) is 12.0. The first kappa shape index (κ1) is 12.5. The number of nitrogens with two attached hydrogens (primary N) is 1. The van der Waals surface area contributed by atoms with Crippen LogP contribution in [0, 0.1) is 0 Å². The summed E-state index contributed by atoms with van der Waals surface area (Å²) in [5.74, 6) is 1.02. The Kier molecular flexibility index (Phi) is 4.31. The third kappa shape index (κ3) is 2.73. The molecule has 1 aromatic carbocycles. The molecular weight excluding hydrogens is 206 g/mol. The van der Waals surface area contributed by atoms with Gasteiger partial charge in [0, 0.05) is 6.04 Å². The van der Waals surface area contributed by atoms with E-state index in [9.17, 15) is 4.79 Å². The highest BCUT2D eigenvalue weighted by Gasteiger charge is 2.12. The highest BCUT2D eigenvalue weighted by Crippen LogP contribution is 2.31. The Hall–Kier alpha value is -1.55. The van der Waals surface area contributed by atoms with Crippen molar-refractivity contribution in [2.24, 2.45) is 5.73 Å². The molecule has 0 aliphatic carbocycles. The van der Waals surface area contributed by atoms with Gasteiger partial charge in [0.25, 0.3) is 0 Å². The average molecular weight is 223 g/mol. The van der Waals surface area contributed by atoms with Crippen molar-refractivity contribution < 1.29 is 14.3 Å². The van der Waals surface area contributed by atoms with Gasteiger partial charge in [-0.05, 0) is 31.0 Å². The third-order valence-corrected chi connectivity index (χ3v) is 2.25. The van der Waals surface area contributed by atoms with Gasteiger partial charge in [0.1, 0.15) is 0 Å². The smallest absolute Gasteiger partial charge is 0.171 e. The monoisotopic (exact) mass is 223 g/mol. The van der Waals surface area contributed by atoms with E-state index in [1.807, 2.05) is 13.0 Å². The van der Waals surface area contributed by atoms with E-state index in [-0.39, 0.29) is 6.04 Å². The zero-order chi connectivity index (χ0) is 12.1. The van der Waals surface area contributed by atoms with Crippen molar-refractivity contribution >= 4 is 6.29 Å². The molecule has 4 heteroatoms. The second-order valence-electron chi connectivity index (χ2n) is 3.72. The highest BCUT2D eigenvalue weighted by molar-refractivity contribution is 5.81. The Morgan fingerprint density at radius 2 is 2.06 bits per heavy atom. The largest absolute Gasteiger partial charge is 0.493 e. The van der Waals surface area contributed by atoms with Gasteiger partial charge in [0.2, 0.25) is 0 Å². The van der Waals surface area contributed by atoms with E-state index < -0.39 is 0 Å². The van der Waals surface area contributed by atoms with Crippen molar-refractivity contribution in [3.05, 3.63) is 23.3 Å². The molecule has 16 heavy (non-hydrogen) atoms. The Labute approximate surface area is 95.3 Å². The van der Waals surface area contributed by atoms with Crippen LogP contribution in [-0.2, 0) is 6.42 Å². The van der Waals surface area contributed by atoms with Crippen LogP contribution in [0.3, 0.4) is 0 Å². The molecule has 0 heterocycles. The summed E-state index contributed by atoms with van der Waals surface area (Å²) in [5.41, 5.74) is 7.17. The minimum Gasteiger partial charge on any atom is -0.493 e. The predicted octanol–water partition coefficient (Wildman–Crippen LogP) is 1.41. The lowest BCUT2D eigenvalue weighted by Crippen LogP contribution is -2.18. The molecule has 0 bridgehead atoms. The van der Waals surface area contributed by atoms with E-state index >= 15 is 0 Å². The maximum absolute atomic E-state index is 10.9. The second kappa shape index (κ2) is 5.51. The van der Waals surface area contributed by atoms with Gasteiger partial charge in [-0.1, -0.05) is 0 Å². The highest BCUT2D eigenvalue weighted by atomic mass is 16.5. The summed E-state index contributed by atoms with van der Waals surface area (Å²) in [6.45, 7) is 1.91. The van der Waals surface area contributed by atoms with E-state index in [0.717, 1.165) is 11.8 Å². The van der Waals surface area contributed by atoms with Crippen molar-refractivity contribution in [3.8, 4) is 11.5 Å². The van der Waals surface area contributed by atoms with Crippen molar-refractivity contribution in [3.63, 3.8) is 0 Å². The van der Waals surface area contributed by atoms with Crippen molar-refractivity contribution in [2.75, 3.05) is 14.2 Å². The van der Waals surface area contributed by atoms with Gasteiger partial charge < -0.3 is 15.2 Å². The van der Waals surface area contributed by atoms with Gasteiger partial charge in [-0.25, -0.2) is 0 Å². The number of hydrogen-bond acceptors (Lipinski definition) is 4. The molecule has 1 aromatic rings. The summed E-state index contributed by atoms with van der Waals surface area (Å²) in [4.78, 5) is 10.9. The van der Waals surface area contributed by atoms with E-state index in [1.165, 1.54) is 7.11 Å². The van der Waals surface area contributed by atoms with Crippen LogP contribution in [0.15, 0.2) is 12.1 Å².